The van der Waals surface area contributed by atoms with Crippen LogP contribution in [0.5, 0.6) is 0 Å². The van der Waals surface area contributed by atoms with Crippen molar-refractivity contribution in [3.8, 4) is 0 Å². The van der Waals surface area contributed by atoms with E-state index in [9.17, 15) is 19.7 Å². The van der Waals surface area contributed by atoms with Crippen molar-refractivity contribution in [3.05, 3.63) is 33.9 Å². The lowest BCUT2D eigenvalue weighted by molar-refractivity contribution is -0.385. The minimum atomic E-state index is -1.44. The van der Waals surface area contributed by atoms with E-state index >= 15 is 0 Å². The van der Waals surface area contributed by atoms with Gasteiger partial charge >= 0.3 is 5.97 Å². The van der Waals surface area contributed by atoms with Gasteiger partial charge in [-0.3, -0.25) is 14.9 Å². The van der Waals surface area contributed by atoms with Crippen LogP contribution >= 0.6 is 0 Å². The molecule has 0 aliphatic rings. The molecule has 1 atom stereocenters. The smallest absolute Gasteiger partial charge is 0.332 e. The zero-order valence-corrected chi connectivity index (χ0v) is 11.1. The van der Waals surface area contributed by atoms with Gasteiger partial charge in [0.05, 0.1) is 11.5 Å². The SMILES string of the molecule is CCOC(=O)C(N)C(=O)Nc1ccc([N+](=O)[O-])c(C)c1. The molecule has 1 aromatic carbocycles. The largest absolute Gasteiger partial charge is 0.464 e. The molecule has 1 amide bonds. The third kappa shape index (κ3) is 3.75. The monoisotopic (exact) mass is 281 g/mol. The fraction of sp³-hybridized carbons (Fsp3) is 0.333. The van der Waals surface area contributed by atoms with E-state index in [4.69, 9.17) is 5.73 Å². The van der Waals surface area contributed by atoms with Gasteiger partial charge in [0.15, 0.2) is 6.04 Å². The highest BCUT2D eigenvalue weighted by Crippen LogP contribution is 2.21. The Bertz CT molecular complexity index is 544. The van der Waals surface area contributed by atoms with Crippen molar-refractivity contribution in [2.24, 2.45) is 5.73 Å². The number of carbonyl (C=O) groups excluding carboxylic acids is 2. The highest BCUT2D eigenvalue weighted by molar-refractivity contribution is 6.08. The maximum absolute atomic E-state index is 11.7. The molecule has 0 saturated carbocycles. The number of carbonyl (C=O) groups is 2. The van der Waals surface area contributed by atoms with Crippen LogP contribution in [-0.2, 0) is 14.3 Å². The summed E-state index contributed by atoms with van der Waals surface area (Å²) >= 11 is 0. The number of anilines is 1. The number of hydrogen-bond acceptors (Lipinski definition) is 6. The Balaban J connectivity index is 2.79. The number of rotatable bonds is 5. The first-order chi connectivity index (χ1) is 9.36. The fourth-order valence-electron chi connectivity index (χ4n) is 1.50. The van der Waals surface area contributed by atoms with Crippen LogP contribution in [0, 0.1) is 17.0 Å². The summed E-state index contributed by atoms with van der Waals surface area (Å²) in [5.74, 6) is -1.57. The topological polar surface area (TPSA) is 125 Å². The molecule has 0 bridgehead atoms. The van der Waals surface area contributed by atoms with E-state index in [1.165, 1.54) is 18.2 Å². The lowest BCUT2D eigenvalue weighted by Crippen LogP contribution is -2.43. The number of amides is 1. The average molecular weight is 281 g/mol. The van der Waals surface area contributed by atoms with Crippen LogP contribution in [-0.4, -0.2) is 29.4 Å². The highest BCUT2D eigenvalue weighted by atomic mass is 16.6. The van der Waals surface area contributed by atoms with Crippen molar-refractivity contribution in [1.29, 1.82) is 0 Å². The third-order valence-corrected chi connectivity index (χ3v) is 2.48. The second kappa shape index (κ2) is 6.62. The number of esters is 1. The van der Waals surface area contributed by atoms with Crippen LogP contribution in [0.25, 0.3) is 0 Å². The molecule has 1 unspecified atom stereocenters. The Morgan fingerprint density at radius 3 is 2.65 bits per heavy atom. The van der Waals surface area contributed by atoms with Gasteiger partial charge in [-0.2, -0.15) is 0 Å². The Labute approximate surface area is 115 Å². The molecule has 1 aromatic rings. The second-order valence-corrected chi connectivity index (χ2v) is 3.98. The number of nitrogens with two attached hydrogens (primary N) is 1. The molecule has 20 heavy (non-hydrogen) atoms. The molecule has 0 spiro atoms. The number of nitro benzene ring substituents is 1. The molecular formula is C12H15N3O5. The number of ether oxygens (including phenoxy) is 1. The van der Waals surface area contributed by atoms with Crippen molar-refractivity contribution < 1.29 is 19.2 Å². The molecule has 108 valence electrons. The summed E-state index contributed by atoms with van der Waals surface area (Å²) in [6, 6.07) is 2.61. The van der Waals surface area contributed by atoms with Crippen LogP contribution in [0.4, 0.5) is 11.4 Å². The van der Waals surface area contributed by atoms with E-state index < -0.39 is 22.8 Å². The normalized spacial score (nSPS) is 11.6. The molecule has 0 aliphatic heterocycles. The summed E-state index contributed by atoms with van der Waals surface area (Å²) in [5.41, 5.74) is 6.06. The predicted octanol–water partition coefficient (Wildman–Crippen LogP) is 0.732. The first-order valence-corrected chi connectivity index (χ1v) is 5.85. The molecule has 0 aromatic heterocycles. The lowest BCUT2D eigenvalue weighted by atomic mass is 10.1. The summed E-state index contributed by atoms with van der Waals surface area (Å²) in [5, 5.41) is 13.1. The van der Waals surface area contributed by atoms with Gasteiger partial charge in [0.25, 0.3) is 11.6 Å². The number of nitrogens with one attached hydrogen (secondary N) is 1. The molecule has 0 radical (unpaired) electrons. The summed E-state index contributed by atoms with van der Waals surface area (Å²) in [6.07, 6.45) is 0. The third-order valence-electron chi connectivity index (χ3n) is 2.48. The molecule has 8 heteroatoms. The van der Waals surface area contributed by atoms with E-state index in [1.807, 2.05) is 0 Å². The minimum absolute atomic E-state index is 0.0577. The lowest BCUT2D eigenvalue weighted by Gasteiger charge is -2.11. The predicted molar refractivity (Wildman–Crippen MR) is 71.1 cm³/mol. The van der Waals surface area contributed by atoms with Crippen molar-refractivity contribution in [3.63, 3.8) is 0 Å². The summed E-state index contributed by atoms with van der Waals surface area (Å²) in [4.78, 5) is 33.1. The standard InChI is InChI=1S/C12H15N3O5/c1-3-20-12(17)10(13)11(16)14-8-4-5-9(15(18)19)7(2)6-8/h4-6,10H,3,13H2,1-2H3,(H,14,16). The number of nitro groups is 1. The van der Waals surface area contributed by atoms with Gasteiger partial charge in [0, 0.05) is 17.3 Å². The molecule has 0 fully saturated rings. The summed E-state index contributed by atoms with van der Waals surface area (Å²) < 4.78 is 4.62. The summed E-state index contributed by atoms with van der Waals surface area (Å²) in [7, 11) is 0. The van der Waals surface area contributed by atoms with Crippen molar-refractivity contribution >= 4 is 23.3 Å². The van der Waals surface area contributed by atoms with Gasteiger partial charge in [0.1, 0.15) is 0 Å². The zero-order chi connectivity index (χ0) is 15.3. The fourth-order valence-corrected chi connectivity index (χ4v) is 1.50. The van der Waals surface area contributed by atoms with E-state index in [1.54, 1.807) is 13.8 Å². The molecular weight excluding hydrogens is 266 g/mol. The number of aryl methyl sites for hydroxylation is 1. The first kappa shape index (κ1) is 15.6. The Hall–Kier alpha value is -2.48. The second-order valence-electron chi connectivity index (χ2n) is 3.98. The first-order valence-electron chi connectivity index (χ1n) is 5.85. The number of hydrogen-bond donors (Lipinski definition) is 2. The molecule has 0 saturated heterocycles. The summed E-state index contributed by atoms with van der Waals surface area (Å²) in [6.45, 7) is 3.26. The molecule has 8 nitrogen and oxygen atoms in total. The van der Waals surface area contributed by atoms with Crippen molar-refractivity contribution in [1.82, 2.24) is 0 Å². The van der Waals surface area contributed by atoms with Gasteiger partial charge in [-0.25, -0.2) is 4.79 Å². The molecule has 3 N–H and O–H groups in total. The van der Waals surface area contributed by atoms with E-state index in [-0.39, 0.29) is 12.3 Å². The van der Waals surface area contributed by atoms with E-state index in [0.29, 0.717) is 11.3 Å². The minimum Gasteiger partial charge on any atom is -0.464 e. The number of nitrogens with zero attached hydrogens (tertiary/aromatic N) is 1. The Morgan fingerprint density at radius 2 is 2.15 bits per heavy atom. The Morgan fingerprint density at radius 1 is 1.50 bits per heavy atom. The van der Waals surface area contributed by atoms with Gasteiger partial charge in [-0.05, 0) is 26.0 Å². The zero-order valence-electron chi connectivity index (χ0n) is 11.1. The van der Waals surface area contributed by atoms with Gasteiger partial charge in [-0.15, -0.1) is 0 Å². The van der Waals surface area contributed by atoms with Crippen molar-refractivity contribution in [2.45, 2.75) is 19.9 Å². The van der Waals surface area contributed by atoms with Crippen LogP contribution in [0.15, 0.2) is 18.2 Å². The van der Waals surface area contributed by atoms with E-state index in [2.05, 4.69) is 10.1 Å². The molecule has 0 aliphatic carbocycles. The molecule has 1 rings (SSSR count). The Kier molecular flexibility index (Phi) is 5.15. The quantitative estimate of drug-likeness (QED) is 0.355. The van der Waals surface area contributed by atoms with Crippen LogP contribution in [0.1, 0.15) is 12.5 Å². The van der Waals surface area contributed by atoms with Crippen LogP contribution in [0.3, 0.4) is 0 Å². The van der Waals surface area contributed by atoms with Crippen LogP contribution in [0.2, 0.25) is 0 Å². The average Bonchev–Trinajstić information content (AvgIpc) is 2.37. The highest BCUT2D eigenvalue weighted by Gasteiger charge is 2.23. The van der Waals surface area contributed by atoms with Gasteiger partial charge in [-0.1, -0.05) is 0 Å². The molecule has 0 heterocycles. The van der Waals surface area contributed by atoms with Crippen molar-refractivity contribution in [2.75, 3.05) is 11.9 Å². The number of benzene rings is 1. The maximum atomic E-state index is 11.7. The van der Waals surface area contributed by atoms with Gasteiger partial charge in [0.2, 0.25) is 0 Å². The maximum Gasteiger partial charge on any atom is 0.332 e. The van der Waals surface area contributed by atoms with E-state index in [0.717, 1.165) is 0 Å². The van der Waals surface area contributed by atoms with Gasteiger partial charge < -0.3 is 15.8 Å². The van der Waals surface area contributed by atoms with Crippen LogP contribution < -0.4 is 11.1 Å².